The van der Waals surface area contributed by atoms with E-state index in [1.807, 2.05) is 19.1 Å². The first-order valence-electron chi connectivity index (χ1n) is 7.02. The molecule has 1 heterocycles. The molecular weight excluding hydrogens is 262 g/mol. The van der Waals surface area contributed by atoms with Gasteiger partial charge >= 0.3 is 6.61 Å². The summed E-state index contributed by atoms with van der Waals surface area (Å²) in [7, 11) is 2.12. The van der Waals surface area contributed by atoms with E-state index in [0.717, 1.165) is 25.2 Å². The lowest BCUT2D eigenvalue weighted by molar-refractivity contribution is -0.0506. The summed E-state index contributed by atoms with van der Waals surface area (Å²) in [6.07, 6.45) is 1.19. The zero-order valence-electron chi connectivity index (χ0n) is 12.0. The Morgan fingerprint density at radius 1 is 1.40 bits per heavy atom. The predicted molar refractivity (Wildman–Crippen MR) is 75.1 cm³/mol. The first-order valence-corrected chi connectivity index (χ1v) is 7.02. The first-order chi connectivity index (χ1) is 9.56. The molecule has 2 atom stereocenters. The molecule has 0 radical (unpaired) electrons. The summed E-state index contributed by atoms with van der Waals surface area (Å²) >= 11 is 0. The number of rotatable bonds is 6. The van der Waals surface area contributed by atoms with Gasteiger partial charge < -0.3 is 15.0 Å². The quantitative estimate of drug-likeness (QED) is 0.869. The summed E-state index contributed by atoms with van der Waals surface area (Å²) in [6.45, 7) is 2.31. The van der Waals surface area contributed by atoms with Crippen LogP contribution < -0.4 is 10.1 Å². The fraction of sp³-hybridized carbons (Fsp3) is 0.600. The third-order valence-electron chi connectivity index (χ3n) is 3.80. The number of halogens is 2. The standard InChI is InChI=1S/C15H22F2N2O/c1-11(18-9-12-7-8-19(2)10-12)13-5-3-4-6-14(13)20-15(16)17/h3-6,11-12,15,18H,7-10H2,1-2H3. The largest absolute Gasteiger partial charge is 0.434 e. The van der Waals surface area contributed by atoms with Crippen molar-refractivity contribution in [2.24, 2.45) is 5.92 Å². The van der Waals surface area contributed by atoms with Gasteiger partial charge in [0.2, 0.25) is 0 Å². The Balaban J connectivity index is 1.93. The summed E-state index contributed by atoms with van der Waals surface area (Å²) < 4.78 is 29.4. The van der Waals surface area contributed by atoms with Crippen LogP contribution in [-0.2, 0) is 0 Å². The minimum atomic E-state index is -2.79. The van der Waals surface area contributed by atoms with Gasteiger partial charge in [0.1, 0.15) is 5.75 Å². The molecule has 20 heavy (non-hydrogen) atoms. The summed E-state index contributed by atoms with van der Waals surface area (Å²) in [4.78, 5) is 2.31. The second kappa shape index (κ2) is 6.99. The van der Waals surface area contributed by atoms with Crippen molar-refractivity contribution in [2.45, 2.75) is 26.0 Å². The van der Waals surface area contributed by atoms with Gasteiger partial charge in [0.05, 0.1) is 0 Å². The fourth-order valence-electron chi connectivity index (χ4n) is 2.69. The number of benzene rings is 1. The minimum absolute atomic E-state index is 0.00384. The molecule has 1 N–H and O–H groups in total. The molecule has 0 spiro atoms. The van der Waals surface area contributed by atoms with Gasteiger partial charge in [-0.3, -0.25) is 0 Å². The Labute approximate surface area is 118 Å². The van der Waals surface area contributed by atoms with Crippen molar-refractivity contribution in [1.82, 2.24) is 10.2 Å². The number of hydrogen-bond donors (Lipinski definition) is 1. The Morgan fingerprint density at radius 2 is 2.15 bits per heavy atom. The molecule has 1 saturated heterocycles. The molecule has 1 aromatic carbocycles. The monoisotopic (exact) mass is 284 g/mol. The molecular formula is C15H22F2N2O. The van der Waals surface area contributed by atoms with E-state index in [-0.39, 0.29) is 11.8 Å². The van der Waals surface area contributed by atoms with Crippen molar-refractivity contribution in [2.75, 3.05) is 26.7 Å². The highest BCUT2D eigenvalue weighted by molar-refractivity contribution is 5.35. The number of hydrogen-bond acceptors (Lipinski definition) is 3. The van der Waals surface area contributed by atoms with Gasteiger partial charge in [0.15, 0.2) is 0 Å². The van der Waals surface area contributed by atoms with Crippen LogP contribution in [0.5, 0.6) is 5.75 Å². The van der Waals surface area contributed by atoms with Crippen LogP contribution in [0.1, 0.15) is 24.9 Å². The molecule has 3 nitrogen and oxygen atoms in total. The second-order valence-corrected chi connectivity index (χ2v) is 5.46. The first kappa shape index (κ1) is 15.2. The maximum atomic E-state index is 12.4. The van der Waals surface area contributed by atoms with E-state index < -0.39 is 6.61 Å². The summed E-state index contributed by atoms with van der Waals surface area (Å²) in [5.41, 5.74) is 0.777. The normalized spacial score (nSPS) is 21.4. The Hall–Kier alpha value is -1.20. The summed E-state index contributed by atoms with van der Waals surface area (Å²) in [5.74, 6) is 0.886. The lowest BCUT2D eigenvalue weighted by atomic mass is 10.1. The second-order valence-electron chi connectivity index (χ2n) is 5.46. The van der Waals surface area contributed by atoms with Crippen LogP contribution in [0.4, 0.5) is 8.78 Å². The van der Waals surface area contributed by atoms with Crippen LogP contribution in [0.2, 0.25) is 0 Å². The van der Waals surface area contributed by atoms with Gasteiger partial charge in [-0.2, -0.15) is 8.78 Å². The molecule has 1 aromatic rings. The smallest absolute Gasteiger partial charge is 0.387 e. The summed E-state index contributed by atoms with van der Waals surface area (Å²) in [5, 5.41) is 3.42. The number of nitrogens with one attached hydrogen (secondary N) is 1. The summed E-state index contributed by atoms with van der Waals surface area (Å²) in [6, 6.07) is 6.96. The molecule has 0 bridgehead atoms. The average molecular weight is 284 g/mol. The Kier molecular flexibility index (Phi) is 5.31. The zero-order chi connectivity index (χ0) is 14.5. The molecule has 1 fully saturated rings. The third kappa shape index (κ3) is 4.15. The average Bonchev–Trinajstić information content (AvgIpc) is 2.82. The number of para-hydroxylation sites is 1. The van der Waals surface area contributed by atoms with Gasteiger partial charge in [0.25, 0.3) is 0 Å². The van der Waals surface area contributed by atoms with Crippen LogP contribution in [0.15, 0.2) is 24.3 Å². The van der Waals surface area contributed by atoms with Crippen molar-refractivity contribution in [3.05, 3.63) is 29.8 Å². The predicted octanol–water partition coefficient (Wildman–Crippen LogP) is 2.89. The number of nitrogens with zero attached hydrogens (tertiary/aromatic N) is 1. The van der Waals surface area contributed by atoms with Crippen molar-refractivity contribution in [1.29, 1.82) is 0 Å². The van der Waals surface area contributed by atoms with Crippen LogP contribution in [0.25, 0.3) is 0 Å². The molecule has 1 aliphatic rings. The van der Waals surface area contributed by atoms with Crippen molar-refractivity contribution >= 4 is 0 Å². The van der Waals surface area contributed by atoms with Crippen LogP contribution in [0, 0.1) is 5.92 Å². The fourth-order valence-corrected chi connectivity index (χ4v) is 2.69. The lowest BCUT2D eigenvalue weighted by Gasteiger charge is -2.20. The SMILES string of the molecule is CC(NCC1CCN(C)C1)c1ccccc1OC(F)F. The highest BCUT2D eigenvalue weighted by Crippen LogP contribution is 2.26. The van der Waals surface area contributed by atoms with Crippen molar-refractivity contribution in [3.63, 3.8) is 0 Å². The van der Waals surface area contributed by atoms with Crippen LogP contribution in [0.3, 0.4) is 0 Å². The molecule has 112 valence electrons. The molecule has 2 rings (SSSR count). The molecule has 0 aliphatic carbocycles. The van der Waals surface area contributed by atoms with E-state index in [9.17, 15) is 8.78 Å². The number of alkyl halides is 2. The van der Waals surface area contributed by atoms with Gasteiger partial charge in [-0.05, 0) is 45.5 Å². The zero-order valence-corrected chi connectivity index (χ0v) is 12.0. The number of likely N-dealkylation sites (tertiary alicyclic amines) is 1. The van der Waals surface area contributed by atoms with Crippen LogP contribution >= 0.6 is 0 Å². The van der Waals surface area contributed by atoms with Gasteiger partial charge in [0, 0.05) is 18.2 Å². The molecule has 0 saturated carbocycles. The minimum Gasteiger partial charge on any atom is -0.434 e. The van der Waals surface area contributed by atoms with Gasteiger partial charge in [-0.15, -0.1) is 0 Å². The van der Waals surface area contributed by atoms with Crippen molar-refractivity contribution < 1.29 is 13.5 Å². The maximum absolute atomic E-state index is 12.4. The van der Waals surface area contributed by atoms with Gasteiger partial charge in [-0.1, -0.05) is 18.2 Å². The molecule has 0 aromatic heterocycles. The van der Waals surface area contributed by atoms with E-state index in [1.54, 1.807) is 12.1 Å². The van der Waals surface area contributed by atoms with E-state index in [0.29, 0.717) is 5.92 Å². The van der Waals surface area contributed by atoms with E-state index in [4.69, 9.17) is 0 Å². The Bertz CT molecular complexity index is 428. The van der Waals surface area contributed by atoms with E-state index >= 15 is 0 Å². The van der Waals surface area contributed by atoms with Crippen molar-refractivity contribution in [3.8, 4) is 5.75 Å². The highest BCUT2D eigenvalue weighted by Gasteiger charge is 2.21. The van der Waals surface area contributed by atoms with Crippen LogP contribution in [-0.4, -0.2) is 38.2 Å². The Morgan fingerprint density at radius 3 is 2.80 bits per heavy atom. The molecule has 1 aliphatic heterocycles. The number of ether oxygens (including phenoxy) is 1. The third-order valence-corrected chi connectivity index (χ3v) is 3.80. The van der Waals surface area contributed by atoms with E-state index in [1.165, 1.54) is 6.42 Å². The molecule has 5 heteroatoms. The van der Waals surface area contributed by atoms with E-state index in [2.05, 4.69) is 22.0 Å². The highest BCUT2D eigenvalue weighted by atomic mass is 19.3. The molecule has 0 amide bonds. The maximum Gasteiger partial charge on any atom is 0.387 e. The topological polar surface area (TPSA) is 24.5 Å². The van der Waals surface area contributed by atoms with Gasteiger partial charge in [-0.25, -0.2) is 0 Å². The molecule has 2 unspecified atom stereocenters. The lowest BCUT2D eigenvalue weighted by Crippen LogP contribution is -2.27.